The van der Waals surface area contributed by atoms with E-state index in [0.29, 0.717) is 6.54 Å². The highest BCUT2D eigenvalue weighted by Crippen LogP contribution is 1.89. The van der Waals surface area contributed by atoms with Gasteiger partial charge in [-0.2, -0.15) is 0 Å². The maximum absolute atomic E-state index is 11.1. The molecule has 0 aliphatic carbocycles. The van der Waals surface area contributed by atoms with Gasteiger partial charge in [-0.3, -0.25) is 4.79 Å². The van der Waals surface area contributed by atoms with Crippen LogP contribution in [0.2, 0.25) is 0 Å². The molecule has 1 N–H and O–H groups in total. The van der Waals surface area contributed by atoms with Crippen molar-refractivity contribution in [1.82, 2.24) is 4.57 Å². The zero-order valence-electron chi connectivity index (χ0n) is 6.45. The van der Waals surface area contributed by atoms with Crippen LogP contribution in [-0.4, -0.2) is 16.3 Å². The molecule has 0 radical (unpaired) electrons. The van der Waals surface area contributed by atoms with Crippen molar-refractivity contribution in [2.75, 3.05) is 6.61 Å². The van der Waals surface area contributed by atoms with Crippen LogP contribution in [0.15, 0.2) is 23.1 Å². The molecule has 0 saturated carbocycles. The van der Waals surface area contributed by atoms with Gasteiger partial charge in [-0.05, 0) is 18.6 Å². The van der Waals surface area contributed by atoms with Crippen LogP contribution < -0.4 is 5.56 Å². The lowest BCUT2D eigenvalue weighted by atomic mass is 10.3. The lowest BCUT2D eigenvalue weighted by molar-refractivity contribution is 0.274. The predicted molar refractivity (Wildman–Crippen MR) is 42.5 cm³/mol. The van der Waals surface area contributed by atoms with Crippen LogP contribution in [0.5, 0.6) is 0 Å². The van der Waals surface area contributed by atoms with Crippen LogP contribution in [0.1, 0.15) is 5.56 Å². The Morgan fingerprint density at radius 3 is 2.91 bits per heavy atom. The number of hydrogen-bond donors (Lipinski definition) is 1. The number of aliphatic hydroxyl groups is 1. The first kappa shape index (κ1) is 8.01. The first-order valence-corrected chi connectivity index (χ1v) is 3.52. The minimum Gasteiger partial charge on any atom is -0.395 e. The maximum Gasteiger partial charge on any atom is 0.250 e. The minimum absolute atomic E-state index is 0.00294. The number of hydrogen-bond acceptors (Lipinski definition) is 2. The summed E-state index contributed by atoms with van der Waals surface area (Å²) in [4.78, 5) is 11.1. The molecule has 0 amide bonds. The number of pyridine rings is 1. The molecular weight excluding hydrogens is 142 g/mol. The molecule has 1 aromatic heterocycles. The van der Waals surface area contributed by atoms with Gasteiger partial charge in [0, 0.05) is 18.8 Å². The third-order valence-electron chi connectivity index (χ3n) is 1.49. The van der Waals surface area contributed by atoms with Crippen molar-refractivity contribution >= 4 is 0 Å². The summed E-state index contributed by atoms with van der Waals surface area (Å²) in [7, 11) is 0. The molecule has 0 saturated heterocycles. The molecular formula is C8H11NO2. The molecule has 1 aromatic rings. The fourth-order valence-corrected chi connectivity index (χ4v) is 0.899. The van der Waals surface area contributed by atoms with Crippen molar-refractivity contribution in [2.24, 2.45) is 0 Å². The van der Waals surface area contributed by atoms with E-state index >= 15 is 0 Å². The van der Waals surface area contributed by atoms with E-state index in [1.165, 1.54) is 4.57 Å². The van der Waals surface area contributed by atoms with Gasteiger partial charge >= 0.3 is 0 Å². The quantitative estimate of drug-likeness (QED) is 0.657. The van der Waals surface area contributed by atoms with E-state index in [-0.39, 0.29) is 12.2 Å². The summed E-state index contributed by atoms with van der Waals surface area (Å²) < 4.78 is 1.48. The van der Waals surface area contributed by atoms with E-state index in [9.17, 15) is 4.79 Å². The van der Waals surface area contributed by atoms with Gasteiger partial charge in [-0.25, -0.2) is 0 Å². The van der Waals surface area contributed by atoms with Crippen LogP contribution in [0, 0.1) is 6.92 Å². The summed E-state index contributed by atoms with van der Waals surface area (Å²) >= 11 is 0. The smallest absolute Gasteiger partial charge is 0.250 e. The van der Waals surface area contributed by atoms with Crippen LogP contribution in [0.3, 0.4) is 0 Å². The molecule has 0 bridgehead atoms. The molecule has 1 heterocycles. The number of aromatic nitrogens is 1. The molecule has 3 heteroatoms. The summed E-state index contributed by atoms with van der Waals surface area (Å²) in [5.74, 6) is 0. The topological polar surface area (TPSA) is 42.2 Å². The second-order valence-electron chi connectivity index (χ2n) is 2.46. The molecule has 1 rings (SSSR count). The van der Waals surface area contributed by atoms with Gasteiger partial charge in [-0.1, -0.05) is 0 Å². The van der Waals surface area contributed by atoms with Crippen LogP contribution in [0.4, 0.5) is 0 Å². The van der Waals surface area contributed by atoms with Crippen molar-refractivity contribution < 1.29 is 5.11 Å². The molecule has 3 nitrogen and oxygen atoms in total. The van der Waals surface area contributed by atoms with Crippen molar-refractivity contribution in [3.63, 3.8) is 0 Å². The van der Waals surface area contributed by atoms with Gasteiger partial charge < -0.3 is 9.67 Å². The van der Waals surface area contributed by atoms with E-state index < -0.39 is 0 Å². The van der Waals surface area contributed by atoms with Gasteiger partial charge in [-0.15, -0.1) is 0 Å². The summed E-state index contributed by atoms with van der Waals surface area (Å²) in [5.41, 5.74) is 0.892. The number of aliphatic hydroxyl groups excluding tert-OH is 1. The van der Waals surface area contributed by atoms with Crippen LogP contribution in [-0.2, 0) is 6.54 Å². The normalized spacial score (nSPS) is 10.0. The van der Waals surface area contributed by atoms with E-state index in [0.717, 1.165) is 5.56 Å². The van der Waals surface area contributed by atoms with E-state index in [4.69, 9.17) is 5.11 Å². The number of nitrogens with zero attached hydrogens (tertiary/aromatic N) is 1. The minimum atomic E-state index is -0.0564. The average Bonchev–Trinajstić information content (AvgIpc) is 1.95. The fourth-order valence-electron chi connectivity index (χ4n) is 0.899. The largest absolute Gasteiger partial charge is 0.395 e. The van der Waals surface area contributed by atoms with E-state index in [1.807, 2.05) is 13.0 Å². The fraction of sp³-hybridized carbons (Fsp3) is 0.375. The Hall–Kier alpha value is -1.09. The highest BCUT2D eigenvalue weighted by atomic mass is 16.3. The first-order valence-electron chi connectivity index (χ1n) is 3.52. The van der Waals surface area contributed by atoms with E-state index in [2.05, 4.69) is 0 Å². The highest BCUT2D eigenvalue weighted by Gasteiger charge is 1.92. The Kier molecular flexibility index (Phi) is 2.44. The molecule has 0 unspecified atom stereocenters. The Morgan fingerprint density at radius 1 is 1.64 bits per heavy atom. The molecule has 0 aliphatic heterocycles. The molecule has 0 fully saturated rings. The molecule has 0 aromatic carbocycles. The zero-order valence-corrected chi connectivity index (χ0v) is 6.45. The lowest BCUT2D eigenvalue weighted by Crippen LogP contribution is -2.20. The van der Waals surface area contributed by atoms with Crippen molar-refractivity contribution in [1.29, 1.82) is 0 Å². The molecule has 11 heavy (non-hydrogen) atoms. The number of rotatable bonds is 2. The van der Waals surface area contributed by atoms with Crippen LogP contribution in [0.25, 0.3) is 0 Å². The van der Waals surface area contributed by atoms with Gasteiger partial charge in [0.1, 0.15) is 0 Å². The first-order chi connectivity index (χ1) is 5.24. The zero-order chi connectivity index (χ0) is 8.27. The monoisotopic (exact) mass is 153 g/mol. The summed E-state index contributed by atoms with van der Waals surface area (Å²) in [6, 6.07) is 3.40. The summed E-state index contributed by atoms with van der Waals surface area (Å²) in [5, 5.41) is 8.55. The molecule has 0 spiro atoms. The summed E-state index contributed by atoms with van der Waals surface area (Å²) in [6.07, 6.45) is 1.69. The van der Waals surface area contributed by atoms with Crippen molar-refractivity contribution in [3.8, 4) is 0 Å². The molecule has 60 valence electrons. The Morgan fingerprint density at radius 2 is 2.36 bits per heavy atom. The third kappa shape index (κ3) is 1.91. The molecule has 0 atom stereocenters. The van der Waals surface area contributed by atoms with Crippen molar-refractivity contribution in [3.05, 3.63) is 34.2 Å². The highest BCUT2D eigenvalue weighted by molar-refractivity contribution is 5.07. The predicted octanol–water partition coefficient (Wildman–Crippen LogP) is 0.149. The summed E-state index contributed by atoms with van der Waals surface area (Å²) in [6.45, 7) is 2.24. The Balaban J connectivity index is 3.00. The third-order valence-corrected chi connectivity index (χ3v) is 1.49. The van der Waals surface area contributed by atoms with Gasteiger partial charge in [0.15, 0.2) is 0 Å². The Labute approximate surface area is 64.9 Å². The molecule has 0 aliphatic rings. The SMILES string of the molecule is Cc1ccn(CCO)c(=O)c1. The van der Waals surface area contributed by atoms with Crippen molar-refractivity contribution in [2.45, 2.75) is 13.5 Å². The average molecular weight is 153 g/mol. The second-order valence-corrected chi connectivity index (χ2v) is 2.46. The Bertz CT molecular complexity index is 290. The van der Waals surface area contributed by atoms with Crippen LogP contribution >= 0.6 is 0 Å². The van der Waals surface area contributed by atoms with Gasteiger partial charge in [0.25, 0.3) is 5.56 Å². The lowest BCUT2D eigenvalue weighted by Gasteiger charge is -2.01. The van der Waals surface area contributed by atoms with E-state index in [1.54, 1.807) is 12.3 Å². The maximum atomic E-state index is 11.1. The van der Waals surface area contributed by atoms with Gasteiger partial charge in [0.2, 0.25) is 0 Å². The second kappa shape index (κ2) is 3.34. The van der Waals surface area contributed by atoms with Gasteiger partial charge in [0.05, 0.1) is 6.61 Å². The number of aryl methyl sites for hydroxylation is 1. The standard InChI is InChI=1S/C8H11NO2/c1-7-2-3-9(4-5-10)8(11)6-7/h2-3,6,10H,4-5H2,1H3.